The van der Waals surface area contributed by atoms with Crippen LogP contribution >= 0.6 is 0 Å². The maximum atomic E-state index is 12.3. The molecular weight excluding hydrogens is 278 g/mol. The molecule has 5 nitrogen and oxygen atoms in total. The molecule has 118 valence electrons. The molecule has 2 amide bonds. The van der Waals surface area contributed by atoms with Gasteiger partial charge in [0.25, 0.3) is 0 Å². The summed E-state index contributed by atoms with van der Waals surface area (Å²) in [5, 5.41) is 13.8. The third kappa shape index (κ3) is 3.09. The van der Waals surface area contributed by atoms with E-state index in [2.05, 4.69) is 29.1 Å². The van der Waals surface area contributed by atoms with E-state index in [0.29, 0.717) is 13.1 Å². The molecule has 1 atom stereocenters. The van der Waals surface area contributed by atoms with Crippen molar-refractivity contribution in [1.29, 1.82) is 0 Å². The molecule has 0 aliphatic carbocycles. The van der Waals surface area contributed by atoms with E-state index in [9.17, 15) is 9.90 Å². The van der Waals surface area contributed by atoms with Crippen LogP contribution in [0.2, 0.25) is 0 Å². The molecule has 1 aliphatic heterocycles. The zero-order chi connectivity index (χ0) is 15.5. The number of aliphatic hydroxyl groups is 1. The fraction of sp³-hybridized carbons (Fsp3) is 0.471. The van der Waals surface area contributed by atoms with E-state index in [1.807, 2.05) is 18.2 Å². The van der Waals surface area contributed by atoms with Crippen LogP contribution < -0.4 is 5.32 Å². The second-order valence-corrected chi connectivity index (χ2v) is 5.95. The van der Waals surface area contributed by atoms with Crippen molar-refractivity contribution in [2.45, 2.75) is 38.8 Å². The molecule has 0 bridgehead atoms. The maximum Gasteiger partial charge on any atom is 0.321 e. The summed E-state index contributed by atoms with van der Waals surface area (Å²) in [7, 11) is 0. The first-order valence-corrected chi connectivity index (χ1v) is 8.00. The van der Waals surface area contributed by atoms with Crippen molar-refractivity contribution < 1.29 is 9.90 Å². The van der Waals surface area contributed by atoms with Gasteiger partial charge in [0.15, 0.2) is 0 Å². The topological polar surface area (TPSA) is 57.5 Å². The monoisotopic (exact) mass is 301 g/mol. The summed E-state index contributed by atoms with van der Waals surface area (Å²) in [6.07, 6.45) is 4.39. The van der Waals surface area contributed by atoms with Crippen molar-refractivity contribution in [3.8, 4) is 0 Å². The number of hydrogen-bond acceptors (Lipinski definition) is 2. The Balaban J connectivity index is 1.75. The minimum atomic E-state index is -0.399. The van der Waals surface area contributed by atoms with Crippen LogP contribution in [0.15, 0.2) is 30.5 Å². The van der Waals surface area contributed by atoms with Crippen molar-refractivity contribution >= 4 is 22.6 Å². The van der Waals surface area contributed by atoms with Crippen LogP contribution in [0.25, 0.3) is 10.9 Å². The average molecular weight is 301 g/mol. The van der Waals surface area contributed by atoms with Gasteiger partial charge in [-0.15, -0.1) is 0 Å². The number of carbonyl (C=O) groups is 1. The second-order valence-electron chi connectivity index (χ2n) is 5.95. The highest BCUT2D eigenvalue weighted by molar-refractivity contribution is 5.93. The summed E-state index contributed by atoms with van der Waals surface area (Å²) in [5.74, 6) is 0. The number of rotatable bonds is 3. The molecule has 3 rings (SSSR count). The van der Waals surface area contributed by atoms with Gasteiger partial charge in [-0.25, -0.2) is 4.79 Å². The van der Waals surface area contributed by atoms with E-state index in [-0.39, 0.29) is 6.03 Å². The number of hydrogen-bond donors (Lipinski definition) is 2. The summed E-state index contributed by atoms with van der Waals surface area (Å²) in [4.78, 5) is 14.0. The molecule has 1 saturated heterocycles. The van der Waals surface area contributed by atoms with Gasteiger partial charge in [-0.2, -0.15) is 0 Å². The molecule has 0 radical (unpaired) electrons. The number of piperidine rings is 1. The van der Waals surface area contributed by atoms with Crippen molar-refractivity contribution in [3.63, 3.8) is 0 Å². The number of aryl methyl sites for hydroxylation is 1. The lowest BCUT2D eigenvalue weighted by Gasteiger charge is -2.30. The molecule has 2 heterocycles. The van der Waals surface area contributed by atoms with Crippen LogP contribution in [0, 0.1) is 0 Å². The third-order valence-corrected chi connectivity index (χ3v) is 4.17. The van der Waals surface area contributed by atoms with Crippen LogP contribution in [-0.2, 0) is 6.54 Å². The molecule has 1 aliphatic rings. The number of benzene rings is 1. The molecule has 1 fully saturated rings. The molecule has 22 heavy (non-hydrogen) atoms. The van der Waals surface area contributed by atoms with Gasteiger partial charge in [0, 0.05) is 31.5 Å². The van der Waals surface area contributed by atoms with Gasteiger partial charge in [0.2, 0.25) is 0 Å². The van der Waals surface area contributed by atoms with E-state index in [4.69, 9.17) is 0 Å². The highest BCUT2D eigenvalue weighted by Gasteiger charge is 2.22. The van der Waals surface area contributed by atoms with Crippen molar-refractivity contribution in [2.75, 3.05) is 18.4 Å². The van der Waals surface area contributed by atoms with Gasteiger partial charge in [-0.05, 0) is 42.8 Å². The molecule has 1 aromatic heterocycles. The van der Waals surface area contributed by atoms with E-state index < -0.39 is 6.10 Å². The summed E-state index contributed by atoms with van der Waals surface area (Å²) < 4.78 is 2.20. The Morgan fingerprint density at radius 3 is 3.05 bits per heavy atom. The van der Waals surface area contributed by atoms with Crippen LogP contribution in [0.5, 0.6) is 0 Å². The summed E-state index contributed by atoms with van der Waals surface area (Å²) in [6, 6.07) is 7.94. The number of aromatic nitrogens is 1. The van der Waals surface area contributed by atoms with Gasteiger partial charge in [-0.1, -0.05) is 13.0 Å². The van der Waals surface area contributed by atoms with E-state index >= 15 is 0 Å². The van der Waals surface area contributed by atoms with Crippen LogP contribution in [0.1, 0.15) is 26.2 Å². The normalized spacial score (nSPS) is 18.6. The van der Waals surface area contributed by atoms with Gasteiger partial charge in [0.1, 0.15) is 0 Å². The van der Waals surface area contributed by atoms with E-state index in [0.717, 1.165) is 37.0 Å². The predicted molar refractivity (Wildman–Crippen MR) is 88.1 cm³/mol. The number of amides is 2. The first-order chi connectivity index (χ1) is 10.7. The number of nitrogens with one attached hydrogen (secondary N) is 1. The molecule has 5 heteroatoms. The lowest BCUT2D eigenvalue weighted by molar-refractivity contribution is 0.0883. The summed E-state index contributed by atoms with van der Waals surface area (Å²) in [5.41, 5.74) is 1.94. The maximum absolute atomic E-state index is 12.3. The van der Waals surface area contributed by atoms with Crippen molar-refractivity contribution in [1.82, 2.24) is 9.47 Å². The first-order valence-electron chi connectivity index (χ1n) is 8.00. The minimum Gasteiger partial charge on any atom is -0.391 e. The Morgan fingerprint density at radius 1 is 1.41 bits per heavy atom. The smallest absolute Gasteiger partial charge is 0.321 e. The van der Waals surface area contributed by atoms with Crippen LogP contribution in [0.4, 0.5) is 10.5 Å². The molecule has 2 aromatic rings. The van der Waals surface area contributed by atoms with Crippen molar-refractivity contribution in [2.24, 2.45) is 0 Å². The van der Waals surface area contributed by atoms with E-state index in [1.165, 1.54) is 5.39 Å². The van der Waals surface area contributed by atoms with Gasteiger partial charge in [0.05, 0.1) is 11.6 Å². The van der Waals surface area contributed by atoms with E-state index in [1.54, 1.807) is 4.90 Å². The average Bonchev–Trinajstić information content (AvgIpc) is 2.90. The fourth-order valence-electron chi connectivity index (χ4n) is 3.04. The highest BCUT2D eigenvalue weighted by atomic mass is 16.3. The quantitative estimate of drug-likeness (QED) is 0.915. The minimum absolute atomic E-state index is 0.133. The second kappa shape index (κ2) is 6.40. The Labute approximate surface area is 130 Å². The zero-order valence-electron chi connectivity index (χ0n) is 13.0. The number of likely N-dealkylation sites (tertiary alicyclic amines) is 1. The lowest BCUT2D eigenvalue weighted by atomic mass is 10.1. The number of aliphatic hydroxyl groups excluding tert-OH is 1. The van der Waals surface area contributed by atoms with Gasteiger partial charge >= 0.3 is 6.03 Å². The molecule has 0 saturated carbocycles. The molecule has 1 aromatic carbocycles. The first kappa shape index (κ1) is 14.9. The zero-order valence-corrected chi connectivity index (χ0v) is 13.0. The Bertz CT molecular complexity index is 665. The molecule has 1 unspecified atom stereocenters. The Morgan fingerprint density at radius 2 is 2.27 bits per heavy atom. The molecule has 2 N–H and O–H groups in total. The Kier molecular flexibility index (Phi) is 4.34. The van der Waals surface area contributed by atoms with Crippen LogP contribution in [0.3, 0.4) is 0 Å². The lowest BCUT2D eigenvalue weighted by Crippen LogP contribution is -2.44. The summed E-state index contributed by atoms with van der Waals surface area (Å²) in [6.45, 7) is 4.25. The van der Waals surface area contributed by atoms with Gasteiger partial charge < -0.3 is 19.9 Å². The Hall–Kier alpha value is -2.01. The van der Waals surface area contributed by atoms with Gasteiger partial charge in [-0.3, -0.25) is 0 Å². The standard InChI is InChI=1S/C17H23N3O2/c1-2-8-19-10-7-13-5-6-14(11-16(13)19)18-17(22)20-9-3-4-15(21)12-20/h5-7,10-11,15,21H,2-4,8-9,12H2,1H3,(H,18,22). The molecular formula is C17H23N3O2. The van der Waals surface area contributed by atoms with Crippen molar-refractivity contribution in [3.05, 3.63) is 30.5 Å². The SMILES string of the molecule is CCCn1ccc2ccc(NC(=O)N3CCCC(O)C3)cc21. The number of carbonyl (C=O) groups excluding carboxylic acids is 1. The highest BCUT2D eigenvalue weighted by Crippen LogP contribution is 2.21. The number of β-amino-alcohol motifs (C(OH)–C–C–N with tert-alkyl or cyclic N) is 1. The number of urea groups is 1. The summed E-state index contributed by atoms with van der Waals surface area (Å²) >= 11 is 0. The number of fused-ring (bicyclic) bond motifs is 1. The molecule has 0 spiro atoms. The largest absolute Gasteiger partial charge is 0.391 e. The third-order valence-electron chi connectivity index (χ3n) is 4.17. The fourth-order valence-corrected chi connectivity index (χ4v) is 3.04. The number of anilines is 1. The number of nitrogens with zero attached hydrogens (tertiary/aromatic N) is 2. The van der Waals surface area contributed by atoms with Crippen LogP contribution in [-0.4, -0.2) is 39.8 Å². The predicted octanol–water partition coefficient (Wildman–Crippen LogP) is 3.04.